The quantitative estimate of drug-likeness (QED) is 0.761. The molecule has 0 fully saturated rings. The van der Waals surface area contributed by atoms with Crippen molar-refractivity contribution in [3.63, 3.8) is 0 Å². The van der Waals surface area contributed by atoms with E-state index in [2.05, 4.69) is 5.32 Å². The lowest BCUT2D eigenvalue weighted by molar-refractivity contribution is -0.115. The number of amides is 1. The lowest BCUT2D eigenvalue weighted by Crippen LogP contribution is -2.18. The second-order valence-corrected chi connectivity index (χ2v) is 5.95. The number of hydrogen-bond donors (Lipinski definition) is 1. The van der Waals surface area contributed by atoms with Gasteiger partial charge in [0.25, 0.3) is 0 Å². The van der Waals surface area contributed by atoms with Crippen molar-refractivity contribution >= 4 is 17.6 Å². The highest BCUT2D eigenvalue weighted by Crippen LogP contribution is 2.34. The Balaban J connectivity index is 1.82. The fraction of sp³-hybridized carbons (Fsp3) is 0.300. The molecule has 1 amide bonds. The van der Waals surface area contributed by atoms with Crippen LogP contribution in [0.2, 0.25) is 0 Å². The Bertz CT molecular complexity index is 894. The van der Waals surface area contributed by atoms with Crippen molar-refractivity contribution in [1.29, 1.82) is 0 Å². The second-order valence-electron chi connectivity index (χ2n) is 5.95. The van der Waals surface area contributed by atoms with Crippen molar-refractivity contribution in [2.45, 2.75) is 6.42 Å². The predicted molar refractivity (Wildman–Crippen MR) is 101 cm³/mol. The first kappa shape index (κ1) is 19.3. The molecule has 1 aliphatic rings. The minimum absolute atomic E-state index is 0.0889. The molecule has 0 radical (unpaired) electrons. The van der Waals surface area contributed by atoms with Crippen LogP contribution in [-0.4, -0.2) is 46.4 Å². The lowest BCUT2D eigenvalue weighted by atomic mass is 10.1. The fourth-order valence-electron chi connectivity index (χ4n) is 2.84. The third-order valence-electron chi connectivity index (χ3n) is 4.17. The van der Waals surface area contributed by atoms with Crippen molar-refractivity contribution in [3.8, 4) is 23.0 Å². The van der Waals surface area contributed by atoms with Crippen LogP contribution in [0.1, 0.15) is 15.9 Å². The molecular formula is C20H21NO7. The molecule has 148 valence electrons. The SMILES string of the molecule is COC(=O)c1cc(OC)c(OC)cc1NC(=O)Cc1ccc2c(c1)OCCO2. The van der Waals surface area contributed by atoms with Gasteiger partial charge in [-0.1, -0.05) is 6.07 Å². The Labute approximate surface area is 162 Å². The van der Waals surface area contributed by atoms with E-state index in [1.54, 1.807) is 18.2 Å². The molecule has 2 aromatic carbocycles. The van der Waals surface area contributed by atoms with Gasteiger partial charge in [-0.2, -0.15) is 0 Å². The third-order valence-corrected chi connectivity index (χ3v) is 4.17. The topological polar surface area (TPSA) is 92.3 Å². The zero-order valence-electron chi connectivity index (χ0n) is 15.9. The van der Waals surface area contributed by atoms with Crippen LogP contribution in [-0.2, 0) is 16.0 Å². The first-order valence-corrected chi connectivity index (χ1v) is 8.58. The molecule has 0 bridgehead atoms. The van der Waals surface area contributed by atoms with Crippen LogP contribution in [0, 0.1) is 0 Å². The Morgan fingerprint density at radius 3 is 2.32 bits per heavy atom. The Hall–Kier alpha value is -3.42. The normalized spacial score (nSPS) is 12.1. The summed E-state index contributed by atoms with van der Waals surface area (Å²) in [5.74, 6) is 1.09. The van der Waals surface area contributed by atoms with Crippen LogP contribution >= 0.6 is 0 Å². The minimum atomic E-state index is -0.601. The second kappa shape index (κ2) is 8.51. The summed E-state index contributed by atoms with van der Waals surface area (Å²) in [5.41, 5.74) is 1.18. The number of fused-ring (bicyclic) bond motifs is 1. The number of nitrogens with one attached hydrogen (secondary N) is 1. The van der Waals surface area contributed by atoms with Gasteiger partial charge in [-0.15, -0.1) is 0 Å². The molecule has 1 N–H and O–H groups in total. The number of carbonyl (C=O) groups excluding carboxylic acids is 2. The average Bonchev–Trinajstić information content (AvgIpc) is 2.72. The van der Waals surface area contributed by atoms with Gasteiger partial charge in [-0.25, -0.2) is 4.79 Å². The molecule has 0 saturated carbocycles. The molecule has 2 aromatic rings. The van der Waals surface area contributed by atoms with Gasteiger partial charge >= 0.3 is 5.97 Å². The Kier molecular flexibility index (Phi) is 5.88. The monoisotopic (exact) mass is 387 g/mol. The summed E-state index contributed by atoms with van der Waals surface area (Å²) in [6.45, 7) is 0.971. The Morgan fingerprint density at radius 1 is 0.964 bits per heavy atom. The van der Waals surface area contributed by atoms with Crippen molar-refractivity contribution in [2.75, 3.05) is 39.9 Å². The number of carbonyl (C=O) groups is 2. The molecule has 0 aliphatic carbocycles. The number of benzene rings is 2. The maximum absolute atomic E-state index is 12.6. The van der Waals surface area contributed by atoms with Crippen LogP contribution < -0.4 is 24.3 Å². The third kappa shape index (κ3) is 4.11. The first-order valence-electron chi connectivity index (χ1n) is 8.58. The van der Waals surface area contributed by atoms with Gasteiger partial charge < -0.3 is 29.0 Å². The van der Waals surface area contributed by atoms with E-state index in [-0.39, 0.29) is 23.6 Å². The van der Waals surface area contributed by atoms with Crippen LogP contribution in [0.25, 0.3) is 0 Å². The molecule has 0 atom stereocenters. The molecule has 0 aromatic heterocycles. The number of methoxy groups -OCH3 is 3. The fourth-order valence-corrected chi connectivity index (χ4v) is 2.84. The van der Waals surface area contributed by atoms with Gasteiger partial charge in [0, 0.05) is 12.1 Å². The molecule has 1 heterocycles. The number of hydrogen-bond acceptors (Lipinski definition) is 7. The highest BCUT2D eigenvalue weighted by atomic mass is 16.6. The summed E-state index contributed by atoms with van der Waals surface area (Å²) in [7, 11) is 4.19. The summed E-state index contributed by atoms with van der Waals surface area (Å²) in [6, 6.07) is 8.32. The molecule has 1 aliphatic heterocycles. The van der Waals surface area contributed by atoms with Crippen LogP contribution in [0.4, 0.5) is 5.69 Å². The maximum Gasteiger partial charge on any atom is 0.340 e. The molecule has 0 spiro atoms. The van der Waals surface area contributed by atoms with E-state index in [9.17, 15) is 9.59 Å². The standard InChI is InChI=1S/C20H21NO7/c1-24-16-10-13(20(23)26-3)14(11-17(16)25-2)21-19(22)9-12-4-5-15-18(8-12)28-7-6-27-15/h4-5,8,10-11H,6-7,9H2,1-3H3,(H,21,22). The van der Waals surface area contributed by atoms with E-state index in [1.165, 1.54) is 33.5 Å². The molecular weight excluding hydrogens is 366 g/mol. The molecule has 0 saturated heterocycles. The number of rotatable bonds is 6. The van der Waals surface area contributed by atoms with Crippen molar-refractivity contribution < 1.29 is 33.3 Å². The molecule has 3 rings (SSSR count). The van der Waals surface area contributed by atoms with Gasteiger partial charge in [-0.05, 0) is 17.7 Å². The summed E-state index contributed by atoms with van der Waals surface area (Å²) in [5, 5.41) is 2.73. The van der Waals surface area contributed by atoms with Gasteiger partial charge in [0.15, 0.2) is 23.0 Å². The Morgan fingerprint density at radius 2 is 1.64 bits per heavy atom. The zero-order chi connectivity index (χ0) is 20.1. The summed E-state index contributed by atoms with van der Waals surface area (Å²) in [6.07, 6.45) is 0.0889. The van der Waals surface area contributed by atoms with Crippen LogP contribution in [0.3, 0.4) is 0 Å². The smallest absolute Gasteiger partial charge is 0.340 e. The average molecular weight is 387 g/mol. The molecule has 28 heavy (non-hydrogen) atoms. The maximum atomic E-state index is 12.6. The van der Waals surface area contributed by atoms with E-state index in [0.717, 1.165) is 5.56 Å². The van der Waals surface area contributed by atoms with E-state index >= 15 is 0 Å². The van der Waals surface area contributed by atoms with E-state index in [0.29, 0.717) is 36.2 Å². The predicted octanol–water partition coefficient (Wildman–Crippen LogP) is 2.44. The largest absolute Gasteiger partial charge is 0.493 e. The van der Waals surface area contributed by atoms with Gasteiger partial charge in [0.05, 0.1) is 39.0 Å². The minimum Gasteiger partial charge on any atom is -0.493 e. The van der Waals surface area contributed by atoms with Crippen LogP contribution in [0.5, 0.6) is 23.0 Å². The van der Waals surface area contributed by atoms with E-state index in [1.807, 2.05) is 0 Å². The van der Waals surface area contributed by atoms with Crippen molar-refractivity contribution in [1.82, 2.24) is 0 Å². The van der Waals surface area contributed by atoms with Crippen molar-refractivity contribution in [2.24, 2.45) is 0 Å². The zero-order valence-corrected chi connectivity index (χ0v) is 15.9. The number of esters is 1. The number of anilines is 1. The van der Waals surface area contributed by atoms with Gasteiger partial charge in [-0.3, -0.25) is 4.79 Å². The first-order chi connectivity index (χ1) is 13.5. The summed E-state index contributed by atoms with van der Waals surface area (Å²) >= 11 is 0. The van der Waals surface area contributed by atoms with E-state index < -0.39 is 5.97 Å². The summed E-state index contributed by atoms with van der Waals surface area (Å²) < 4.78 is 26.3. The van der Waals surface area contributed by atoms with Crippen LogP contribution in [0.15, 0.2) is 30.3 Å². The van der Waals surface area contributed by atoms with Gasteiger partial charge in [0.2, 0.25) is 5.91 Å². The molecule has 8 nitrogen and oxygen atoms in total. The molecule has 8 heteroatoms. The lowest BCUT2D eigenvalue weighted by Gasteiger charge is -2.19. The summed E-state index contributed by atoms with van der Waals surface area (Å²) in [4.78, 5) is 24.7. The molecule has 0 unspecified atom stereocenters. The highest BCUT2D eigenvalue weighted by Gasteiger charge is 2.20. The van der Waals surface area contributed by atoms with Crippen molar-refractivity contribution in [3.05, 3.63) is 41.5 Å². The van der Waals surface area contributed by atoms with Gasteiger partial charge in [0.1, 0.15) is 13.2 Å². The highest BCUT2D eigenvalue weighted by molar-refractivity contribution is 6.02. The number of ether oxygens (including phenoxy) is 5. The van der Waals surface area contributed by atoms with E-state index in [4.69, 9.17) is 23.7 Å².